The van der Waals surface area contributed by atoms with E-state index < -0.39 is 50.2 Å². The van der Waals surface area contributed by atoms with Gasteiger partial charge in [-0.05, 0) is 128 Å². The number of carbonyl (C=O) groups excluding carboxylic acids is 2. The molecule has 23 heteroatoms. The number of benzene rings is 2. The highest BCUT2D eigenvalue weighted by molar-refractivity contribution is 7.89. The first kappa shape index (κ1) is 50.8. The minimum Gasteiger partial charge on any atom is -0.493 e. The SMILES string of the molecule is [2H]C([2H])(CC)c1nn(C)c(C(N)=O)c1NC(=O)c1cc(S(=O)(=O)NCCC2CCCN2C)ccc1OCCC.[2H]C([2H])(CC)c1nn(C)c2c(=O)[nH]c(-c3cc(S(=O)(=O)NCCC4CCCN4C)ccc3OCCC)nc12. The summed E-state index contributed by atoms with van der Waals surface area (Å²) in [6, 6.07) is 9.13. The van der Waals surface area contributed by atoms with Crippen LogP contribution in [0.25, 0.3) is 22.4 Å². The van der Waals surface area contributed by atoms with E-state index in [2.05, 4.69) is 51.8 Å². The molecule has 6 N–H and O–H groups in total. The second-order valence-corrected chi connectivity index (χ2v) is 21.6. The van der Waals surface area contributed by atoms with Gasteiger partial charge < -0.3 is 35.3 Å². The fourth-order valence-corrected chi connectivity index (χ4v) is 11.1. The summed E-state index contributed by atoms with van der Waals surface area (Å²) < 4.78 is 105. The summed E-state index contributed by atoms with van der Waals surface area (Å²) in [5.74, 6) is -1.11. The van der Waals surface area contributed by atoms with E-state index in [1.165, 1.54) is 42.1 Å². The van der Waals surface area contributed by atoms with Gasteiger partial charge in [0.05, 0.1) is 51.2 Å². The third kappa shape index (κ3) is 13.9. The predicted octanol–water partition coefficient (Wildman–Crippen LogP) is 5.10. The number of amides is 2. The number of primary amides is 1. The number of hydrogen-bond acceptors (Lipinski definition) is 14. The number of rotatable bonds is 24. The van der Waals surface area contributed by atoms with Gasteiger partial charge in [-0.1, -0.05) is 40.5 Å². The first-order valence-electron chi connectivity index (χ1n) is 26.9. The quantitative estimate of drug-likeness (QED) is 0.0538. The molecule has 2 amide bonds. The van der Waals surface area contributed by atoms with Crippen LogP contribution in [0.4, 0.5) is 5.69 Å². The third-order valence-corrected chi connectivity index (χ3v) is 15.6. The molecule has 3 aromatic heterocycles. The van der Waals surface area contributed by atoms with Gasteiger partial charge in [0.2, 0.25) is 20.0 Å². The molecule has 2 aliphatic rings. The minimum atomic E-state index is -3.94. The molecule has 5 heterocycles. The van der Waals surface area contributed by atoms with Crippen LogP contribution in [-0.2, 0) is 46.9 Å². The van der Waals surface area contributed by atoms with Crippen molar-refractivity contribution < 1.29 is 41.4 Å². The Bertz CT molecular complexity index is 3210. The smallest absolute Gasteiger partial charge is 0.277 e. The zero-order valence-corrected chi connectivity index (χ0v) is 44.8. The van der Waals surface area contributed by atoms with Crippen LogP contribution < -0.4 is 35.5 Å². The van der Waals surface area contributed by atoms with Crippen molar-refractivity contribution in [2.24, 2.45) is 19.8 Å². The Kier molecular flexibility index (Phi) is 17.7. The Balaban J connectivity index is 0.000000250. The van der Waals surface area contributed by atoms with E-state index in [-0.39, 0.29) is 86.7 Å². The van der Waals surface area contributed by atoms with Crippen LogP contribution in [0.1, 0.15) is 130 Å². The molecule has 0 bridgehead atoms. The minimum absolute atomic E-state index is 0.0198. The zero-order chi connectivity index (χ0) is 56.6. The number of carbonyl (C=O) groups is 2. The molecule has 2 atom stereocenters. The summed E-state index contributed by atoms with van der Waals surface area (Å²) in [5, 5.41) is 10.9. The zero-order valence-electron chi connectivity index (χ0n) is 47.1. The van der Waals surface area contributed by atoms with E-state index >= 15 is 0 Å². The summed E-state index contributed by atoms with van der Waals surface area (Å²) in [7, 11) is -0.727. The Morgan fingerprint density at radius 3 is 1.84 bits per heavy atom. The molecule has 2 aromatic carbocycles. The van der Waals surface area contributed by atoms with Crippen molar-refractivity contribution >= 4 is 48.6 Å². The predicted molar refractivity (Wildman–Crippen MR) is 281 cm³/mol. The second kappa shape index (κ2) is 25.5. The Morgan fingerprint density at radius 1 is 0.767 bits per heavy atom. The van der Waals surface area contributed by atoms with Gasteiger partial charge in [-0.15, -0.1) is 0 Å². The maximum atomic E-state index is 13.5. The first-order valence-corrected chi connectivity index (χ1v) is 27.9. The summed E-state index contributed by atoms with van der Waals surface area (Å²) in [6.07, 6.45) is 3.42. The van der Waals surface area contributed by atoms with Crippen LogP contribution in [-0.4, -0.2) is 134 Å². The Hall–Kier alpha value is -5.72. The lowest BCUT2D eigenvalue weighted by molar-refractivity contribution is 0.0992. The summed E-state index contributed by atoms with van der Waals surface area (Å²) in [5.41, 5.74) is 5.02. The van der Waals surface area contributed by atoms with Crippen LogP contribution in [0.15, 0.2) is 51.0 Å². The van der Waals surface area contributed by atoms with Crippen LogP contribution in [0.3, 0.4) is 0 Å². The number of aromatic nitrogens is 6. The summed E-state index contributed by atoms with van der Waals surface area (Å²) in [4.78, 5) is 50.4. The first-order chi connectivity index (χ1) is 36.3. The molecular formula is C50H74N12O9S2. The van der Waals surface area contributed by atoms with Crippen LogP contribution >= 0.6 is 0 Å². The van der Waals surface area contributed by atoms with Crippen molar-refractivity contribution in [1.82, 2.24) is 48.8 Å². The topological polar surface area (TPSA) is 271 Å². The number of aromatic amines is 1. The largest absolute Gasteiger partial charge is 0.493 e. The molecule has 2 unspecified atom stereocenters. The van der Waals surface area contributed by atoms with Gasteiger partial charge in [0.1, 0.15) is 28.5 Å². The van der Waals surface area contributed by atoms with Crippen molar-refractivity contribution in [2.45, 2.75) is 127 Å². The molecule has 0 radical (unpaired) electrons. The number of hydrogen-bond donors (Lipinski definition) is 5. The van der Waals surface area contributed by atoms with E-state index in [1.54, 1.807) is 27.0 Å². The van der Waals surface area contributed by atoms with E-state index in [9.17, 15) is 31.2 Å². The lowest BCUT2D eigenvalue weighted by atomic mass is 10.1. The van der Waals surface area contributed by atoms with Crippen molar-refractivity contribution in [1.29, 1.82) is 0 Å². The fourth-order valence-electron chi connectivity index (χ4n) is 8.96. The number of nitrogens with one attached hydrogen (secondary N) is 4. The normalized spacial score (nSPS) is 17.6. The number of likely N-dealkylation sites (tertiary alicyclic amines) is 2. The van der Waals surface area contributed by atoms with Crippen molar-refractivity contribution in [2.75, 3.05) is 58.8 Å². The molecule has 21 nitrogen and oxygen atoms in total. The molecule has 2 aliphatic heterocycles. The second-order valence-electron chi connectivity index (χ2n) is 18.1. The van der Waals surface area contributed by atoms with E-state index in [0.29, 0.717) is 49.4 Å². The molecule has 0 aliphatic carbocycles. The van der Waals surface area contributed by atoms with Crippen molar-refractivity contribution in [3.63, 3.8) is 0 Å². The molecule has 2 fully saturated rings. The van der Waals surface area contributed by atoms with Gasteiger partial charge in [0, 0.05) is 44.8 Å². The van der Waals surface area contributed by atoms with Gasteiger partial charge in [-0.25, -0.2) is 31.3 Å². The molecule has 400 valence electrons. The van der Waals surface area contributed by atoms with Gasteiger partial charge in [-0.3, -0.25) is 23.7 Å². The highest BCUT2D eigenvalue weighted by Gasteiger charge is 2.28. The van der Waals surface area contributed by atoms with Crippen molar-refractivity contribution in [3.8, 4) is 22.9 Å². The van der Waals surface area contributed by atoms with E-state index in [0.717, 1.165) is 56.3 Å². The monoisotopic (exact) mass is 1050 g/mol. The Labute approximate surface area is 434 Å². The number of aryl methyl sites for hydroxylation is 4. The standard InChI is InChI=1S/C25H38N6O5S.C25H36N6O4S/c1-5-8-20-22(23(24(26)32)31(4)29-20)28-25(33)19-16-18(10-11-21(19)36-15-6-2)37(34,35)27-13-12-17-9-7-14-30(17)3;1-5-8-20-22-23(31(4)29-20)25(32)28-24(27-22)19-16-18(10-11-21(19)35-15-6-2)36(33,34)26-13-12-17-9-7-14-30(17)3/h10-11,16-17,27H,5-9,12-15H2,1-4H3,(H2,26,32)(H,28,33);10-11,16-17,26H,5-9,12-15H2,1-4H3,(H,27,28,32)/i2*8D2. The number of nitrogens with zero attached hydrogens (tertiary/aromatic N) is 7. The number of anilines is 1. The Morgan fingerprint density at radius 2 is 1.30 bits per heavy atom. The summed E-state index contributed by atoms with van der Waals surface area (Å²) >= 11 is 0. The molecule has 0 spiro atoms. The fraction of sp³-hybridized carbons (Fsp3) is 0.560. The number of ether oxygens (including phenoxy) is 2. The van der Waals surface area contributed by atoms with Crippen LogP contribution in [0.2, 0.25) is 0 Å². The van der Waals surface area contributed by atoms with Gasteiger partial charge >= 0.3 is 0 Å². The average Bonchev–Trinajstić information content (AvgIpc) is 4.24. The lowest BCUT2D eigenvalue weighted by Crippen LogP contribution is -2.32. The molecule has 0 saturated carbocycles. The third-order valence-electron chi connectivity index (χ3n) is 12.7. The van der Waals surface area contributed by atoms with Crippen LogP contribution in [0.5, 0.6) is 11.5 Å². The number of H-pyrrole nitrogens is 1. The highest BCUT2D eigenvalue weighted by atomic mass is 32.2. The molecule has 2 saturated heterocycles. The van der Waals surface area contributed by atoms with E-state index in [4.69, 9.17) is 20.7 Å². The summed E-state index contributed by atoms with van der Waals surface area (Å²) in [6.45, 7) is 10.4. The molecule has 73 heavy (non-hydrogen) atoms. The van der Waals surface area contributed by atoms with Gasteiger partial charge in [0.15, 0.2) is 5.52 Å². The number of sulfonamides is 2. The van der Waals surface area contributed by atoms with Gasteiger partial charge in [-0.2, -0.15) is 10.2 Å². The van der Waals surface area contributed by atoms with E-state index in [1.807, 2.05) is 20.9 Å². The lowest BCUT2D eigenvalue weighted by Gasteiger charge is -2.19. The number of nitrogens with two attached hydrogens (primary N) is 1. The molecule has 5 aromatic rings. The maximum absolute atomic E-state index is 13.5. The van der Waals surface area contributed by atoms with Crippen LogP contribution in [0, 0.1) is 0 Å². The maximum Gasteiger partial charge on any atom is 0.277 e. The molecule has 7 rings (SSSR count). The highest BCUT2D eigenvalue weighted by Crippen LogP contribution is 2.32. The van der Waals surface area contributed by atoms with Crippen molar-refractivity contribution in [3.05, 3.63) is 69.4 Å². The number of fused-ring (bicyclic) bond motifs is 1. The van der Waals surface area contributed by atoms with Gasteiger partial charge in [0.25, 0.3) is 17.4 Å². The average molecular weight is 1060 g/mol. The molecular weight excluding hydrogens is 977 g/mol.